The molecular weight excluding hydrogens is 855 g/mol. The van der Waals surface area contributed by atoms with Crippen LogP contribution >= 0.6 is 0 Å². The highest BCUT2D eigenvalue weighted by Crippen LogP contribution is 2.14. The molecule has 0 saturated carbocycles. The highest BCUT2D eigenvalue weighted by molar-refractivity contribution is 5.87. The molecule has 0 aromatic heterocycles. The molecule has 0 aromatic carbocycles. The summed E-state index contributed by atoms with van der Waals surface area (Å²) in [5.74, 6) is -7.50. The van der Waals surface area contributed by atoms with Crippen molar-refractivity contribution in [3.63, 3.8) is 0 Å². The summed E-state index contributed by atoms with van der Waals surface area (Å²) in [6.07, 6.45) is 14.3. The molecule has 0 aromatic rings. The number of hydrogen-bond donors (Lipinski definition) is 9. The van der Waals surface area contributed by atoms with E-state index in [-0.39, 0.29) is 83.6 Å². The molecular formula is C44H77N5O16. The van der Waals surface area contributed by atoms with Crippen molar-refractivity contribution in [3.8, 4) is 0 Å². The first-order valence-electron chi connectivity index (χ1n) is 23.2. The standard InChI is InChI=1S/C44H77N5O16/c1-2-27-63-28-25-45-37(51)23-20-35(44(61)62)49-40(54)32-65-31-30-64-29-26-46-36(50)22-19-33(42(57)58)48-39(53)24-21-34(43(59)60)47-38(52)17-15-13-11-9-7-5-3-4-6-8-10-12-14-16-18-41(55)56/h33-35H,2-32H2,1H3,(H,45,51)(H,46,50)(H,47,52)(H,48,53)(H,49,54)(H,55,56)(H,57,58)(H,59,60)(H,61,62)/t33-,34-,35-/m0/s1. The molecule has 3 atom stereocenters. The third-order valence-corrected chi connectivity index (χ3v) is 10.0. The van der Waals surface area contributed by atoms with E-state index in [4.69, 9.17) is 19.3 Å². The van der Waals surface area contributed by atoms with E-state index in [9.17, 15) is 58.5 Å². The number of unbranched alkanes of at least 4 members (excludes halogenated alkanes) is 13. The quantitative estimate of drug-likeness (QED) is 0.0396. The van der Waals surface area contributed by atoms with Crippen molar-refractivity contribution in [1.82, 2.24) is 26.6 Å². The largest absolute Gasteiger partial charge is 0.481 e. The molecule has 21 heteroatoms. The number of ether oxygens (including phenoxy) is 3. The van der Waals surface area contributed by atoms with Gasteiger partial charge in [0.25, 0.3) is 0 Å². The van der Waals surface area contributed by atoms with Crippen molar-refractivity contribution in [2.75, 3.05) is 52.7 Å². The van der Waals surface area contributed by atoms with Gasteiger partial charge in [-0.1, -0.05) is 84.0 Å². The number of rotatable bonds is 45. The van der Waals surface area contributed by atoms with Crippen LogP contribution in [0.4, 0.5) is 0 Å². The van der Waals surface area contributed by atoms with Crippen molar-refractivity contribution < 1.29 is 77.8 Å². The van der Waals surface area contributed by atoms with Crippen LogP contribution in [0.2, 0.25) is 0 Å². The number of carbonyl (C=O) groups excluding carboxylic acids is 5. The smallest absolute Gasteiger partial charge is 0.326 e. The van der Waals surface area contributed by atoms with Crippen molar-refractivity contribution in [3.05, 3.63) is 0 Å². The molecule has 0 unspecified atom stereocenters. The Morgan fingerprint density at radius 2 is 0.723 bits per heavy atom. The van der Waals surface area contributed by atoms with Gasteiger partial charge in [0.05, 0.1) is 26.4 Å². The fourth-order valence-corrected chi connectivity index (χ4v) is 6.38. The number of aliphatic carboxylic acids is 4. The zero-order chi connectivity index (χ0) is 48.5. The van der Waals surface area contributed by atoms with Crippen LogP contribution in [0.3, 0.4) is 0 Å². The first-order valence-corrected chi connectivity index (χ1v) is 23.2. The van der Waals surface area contributed by atoms with Crippen LogP contribution in [0.25, 0.3) is 0 Å². The molecule has 0 aliphatic rings. The number of amides is 5. The van der Waals surface area contributed by atoms with Crippen molar-refractivity contribution in [2.24, 2.45) is 0 Å². The lowest BCUT2D eigenvalue weighted by Crippen LogP contribution is -2.44. The van der Waals surface area contributed by atoms with Gasteiger partial charge in [0, 0.05) is 51.8 Å². The number of carboxylic acids is 4. The Hall–Kier alpha value is -4.89. The average Bonchev–Trinajstić information content (AvgIpc) is 3.25. The van der Waals surface area contributed by atoms with Gasteiger partial charge >= 0.3 is 23.9 Å². The topological polar surface area (TPSA) is 322 Å². The van der Waals surface area contributed by atoms with E-state index in [1.165, 1.54) is 25.7 Å². The molecule has 21 nitrogen and oxygen atoms in total. The van der Waals surface area contributed by atoms with E-state index < -0.39 is 72.2 Å². The van der Waals surface area contributed by atoms with Gasteiger partial charge in [-0.25, -0.2) is 14.4 Å². The van der Waals surface area contributed by atoms with Gasteiger partial charge < -0.3 is 61.2 Å². The maximum Gasteiger partial charge on any atom is 0.326 e. The van der Waals surface area contributed by atoms with Gasteiger partial charge in [0.15, 0.2) is 0 Å². The van der Waals surface area contributed by atoms with Crippen LogP contribution in [-0.2, 0) is 57.4 Å². The van der Waals surface area contributed by atoms with Crippen LogP contribution < -0.4 is 26.6 Å². The van der Waals surface area contributed by atoms with Gasteiger partial charge in [-0.2, -0.15) is 0 Å². The highest BCUT2D eigenvalue weighted by atomic mass is 16.5. The summed E-state index contributed by atoms with van der Waals surface area (Å²) in [5, 5.41) is 49.3. The number of carboxylic acid groups (broad SMARTS) is 4. The SMILES string of the molecule is CCCOCCNC(=O)CC[C@H](NC(=O)COCCOCCNC(=O)CC[C@H](NC(=O)CC[C@H](NC(=O)CCCCCCCCCCCCCCCCC(=O)O)C(=O)O)C(=O)O)C(=O)O. The Bertz CT molecular complexity index is 1400. The Morgan fingerprint density at radius 1 is 0.385 bits per heavy atom. The Morgan fingerprint density at radius 3 is 1.12 bits per heavy atom. The van der Waals surface area contributed by atoms with Gasteiger partial charge in [-0.05, 0) is 38.5 Å². The van der Waals surface area contributed by atoms with Crippen LogP contribution in [-0.4, -0.2) is 145 Å². The second kappa shape index (κ2) is 40.6. The zero-order valence-electron chi connectivity index (χ0n) is 38.3. The molecule has 0 bridgehead atoms. The van der Waals surface area contributed by atoms with Crippen molar-refractivity contribution >= 4 is 53.4 Å². The van der Waals surface area contributed by atoms with Crippen molar-refractivity contribution in [2.45, 2.75) is 173 Å². The Balaban J connectivity index is 4.14. The molecule has 0 rings (SSSR count). The molecule has 374 valence electrons. The van der Waals surface area contributed by atoms with Crippen molar-refractivity contribution in [1.29, 1.82) is 0 Å². The highest BCUT2D eigenvalue weighted by Gasteiger charge is 2.25. The lowest BCUT2D eigenvalue weighted by Gasteiger charge is -2.17. The maximum absolute atomic E-state index is 12.5. The third-order valence-electron chi connectivity index (χ3n) is 10.0. The lowest BCUT2D eigenvalue weighted by molar-refractivity contribution is -0.143. The molecule has 0 aliphatic heterocycles. The first kappa shape index (κ1) is 60.1. The van der Waals surface area contributed by atoms with Gasteiger partial charge in [0.1, 0.15) is 24.7 Å². The normalized spacial score (nSPS) is 12.3. The summed E-state index contributed by atoms with van der Waals surface area (Å²) in [7, 11) is 0. The summed E-state index contributed by atoms with van der Waals surface area (Å²) in [5.41, 5.74) is 0. The minimum atomic E-state index is -1.41. The van der Waals surface area contributed by atoms with Crippen LogP contribution in [0.15, 0.2) is 0 Å². The number of nitrogens with one attached hydrogen (secondary N) is 5. The van der Waals surface area contributed by atoms with Gasteiger partial charge in [-0.15, -0.1) is 0 Å². The maximum atomic E-state index is 12.5. The van der Waals surface area contributed by atoms with E-state index >= 15 is 0 Å². The van der Waals surface area contributed by atoms with Crippen LogP contribution in [0.5, 0.6) is 0 Å². The van der Waals surface area contributed by atoms with Gasteiger partial charge in [0.2, 0.25) is 29.5 Å². The second-order valence-electron chi connectivity index (χ2n) is 15.8. The van der Waals surface area contributed by atoms with E-state index in [2.05, 4.69) is 26.6 Å². The second-order valence-corrected chi connectivity index (χ2v) is 15.8. The Kier molecular flexibility index (Phi) is 37.6. The predicted molar refractivity (Wildman–Crippen MR) is 237 cm³/mol. The lowest BCUT2D eigenvalue weighted by atomic mass is 10.0. The molecule has 65 heavy (non-hydrogen) atoms. The molecule has 0 heterocycles. The van der Waals surface area contributed by atoms with E-state index in [0.29, 0.717) is 26.2 Å². The monoisotopic (exact) mass is 932 g/mol. The van der Waals surface area contributed by atoms with E-state index in [1.807, 2.05) is 6.92 Å². The summed E-state index contributed by atoms with van der Waals surface area (Å²) in [6.45, 7) is 2.85. The summed E-state index contributed by atoms with van der Waals surface area (Å²) in [6, 6.07) is -4.03. The van der Waals surface area contributed by atoms with E-state index in [1.54, 1.807) is 0 Å². The minimum absolute atomic E-state index is 0.0210. The van der Waals surface area contributed by atoms with E-state index in [0.717, 1.165) is 64.2 Å². The molecule has 9 N–H and O–H groups in total. The van der Waals surface area contributed by atoms with Crippen LogP contribution in [0, 0.1) is 0 Å². The first-order chi connectivity index (χ1) is 31.2. The fraction of sp³-hybridized carbons (Fsp3) is 0.795. The molecule has 0 radical (unpaired) electrons. The fourth-order valence-electron chi connectivity index (χ4n) is 6.38. The predicted octanol–water partition coefficient (Wildman–Crippen LogP) is 3.05. The van der Waals surface area contributed by atoms with Gasteiger partial charge in [-0.3, -0.25) is 28.8 Å². The molecule has 0 saturated heterocycles. The molecule has 0 fully saturated rings. The molecule has 0 aliphatic carbocycles. The van der Waals surface area contributed by atoms with Crippen LogP contribution in [0.1, 0.15) is 155 Å². The minimum Gasteiger partial charge on any atom is -0.481 e. The summed E-state index contributed by atoms with van der Waals surface area (Å²) >= 11 is 0. The molecule has 5 amide bonds. The zero-order valence-corrected chi connectivity index (χ0v) is 38.3. The average molecular weight is 932 g/mol. The molecule has 0 spiro atoms. The number of hydrogen-bond acceptors (Lipinski definition) is 12. The Labute approximate surface area is 382 Å². The summed E-state index contributed by atoms with van der Waals surface area (Å²) in [4.78, 5) is 107. The number of carbonyl (C=O) groups is 9. The summed E-state index contributed by atoms with van der Waals surface area (Å²) < 4.78 is 15.8. The third kappa shape index (κ3) is 38.1.